The molecule has 7 nitrogen and oxygen atoms in total. The number of benzene rings is 2. The van der Waals surface area contributed by atoms with Gasteiger partial charge < -0.3 is 14.8 Å². The lowest BCUT2D eigenvalue weighted by atomic mass is 10.2. The van der Waals surface area contributed by atoms with Gasteiger partial charge >= 0.3 is 0 Å². The normalized spacial score (nSPS) is 12.8. The van der Waals surface area contributed by atoms with E-state index in [1.807, 2.05) is 43.3 Å². The van der Waals surface area contributed by atoms with Crippen LogP contribution in [0.5, 0.6) is 11.5 Å². The maximum atomic E-state index is 5.48. The number of halogens is 1. The summed E-state index contributed by atoms with van der Waals surface area (Å²) in [5.74, 6) is 2.83. The van der Waals surface area contributed by atoms with E-state index in [2.05, 4.69) is 31.3 Å². The predicted molar refractivity (Wildman–Crippen MR) is 101 cm³/mol. The molecule has 1 N–H and O–H groups in total. The molecule has 0 saturated heterocycles. The minimum Gasteiger partial charge on any atom is -0.454 e. The first-order valence-corrected chi connectivity index (χ1v) is 8.92. The Hall–Kier alpha value is -2.87. The zero-order chi connectivity index (χ0) is 17.7. The molecule has 2 aromatic heterocycles. The van der Waals surface area contributed by atoms with E-state index in [0.717, 1.165) is 38.1 Å². The van der Waals surface area contributed by atoms with Gasteiger partial charge in [0.15, 0.2) is 17.1 Å². The number of ether oxygens (including phenoxy) is 2. The number of anilines is 1. The maximum Gasteiger partial charge on any atom is 0.231 e. The minimum absolute atomic E-state index is 0.246. The van der Waals surface area contributed by atoms with Gasteiger partial charge in [-0.1, -0.05) is 12.1 Å². The van der Waals surface area contributed by atoms with Gasteiger partial charge in [0, 0.05) is 11.9 Å². The number of hydrogen-bond acceptors (Lipinski definition) is 6. The summed E-state index contributed by atoms with van der Waals surface area (Å²) in [6, 6.07) is 11.9. The minimum atomic E-state index is 0.246. The van der Waals surface area contributed by atoms with E-state index in [-0.39, 0.29) is 6.79 Å². The van der Waals surface area contributed by atoms with E-state index in [1.54, 1.807) is 4.52 Å². The molecule has 1 aliphatic heterocycles. The van der Waals surface area contributed by atoms with E-state index in [1.165, 1.54) is 0 Å². The van der Waals surface area contributed by atoms with Crippen LogP contribution in [0.2, 0.25) is 0 Å². The van der Waals surface area contributed by atoms with Crippen molar-refractivity contribution in [2.75, 3.05) is 12.1 Å². The molecule has 0 saturated carbocycles. The third-order valence-corrected chi connectivity index (χ3v) is 4.81. The van der Waals surface area contributed by atoms with Crippen molar-refractivity contribution in [3.63, 3.8) is 0 Å². The molecule has 130 valence electrons. The molecule has 0 bridgehead atoms. The van der Waals surface area contributed by atoms with Crippen LogP contribution < -0.4 is 14.8 Å². The number of rotatable bonds is 3. The number of aryl methyl sites for hydroxylation is 1. The summed E-state index contributed by atoms with van der Waals surface area (Å²) in [5.41, 5.74) is 2.71. The van der Waals surface area contributed by atoms with E-state index in [0.29, 0.717) is 18.3 Å². The molecule has 0 aliphatic carbocycles. The summed E-state index contributed by atoms with van der Waals surface area (Å²) in [5, 5.41) is 8.81. The Labute approximate surface area is 157 Å². The van der Waals surface area contributed by atoms with Crippen LogP contribution in [0.4, 0.5) is 5.95 Å². The molecule has 8 heteroatoms. The quantitative estimate of drug-likeness (QED) is 0.554. The van der Waals surface area contributed by atoms with Gasteiger partial charge in [-0.2, -0.15) is 4.52 Å². The summed E-state index contributed by atoms with van der Waals surface area (Å²) in [6.07, 6.45) is 0. The van der Waals surface area contributed by atoms with Gasteiger partial charge in [0.25, 0.3) is 0 Å². The lowest BCUT2D eigenvalue weighted by molar-refractivity contribution is 0.173. The molecule has 0 amide bonds. The summed E-state index contributed by atoms with van der Waals surface area (Å²) < 4.78 is 13.5. The Morgan fingerprint density at radius 3 is 3.00 bits per heavy atom. The summed E-state index contributed by atoms with van der Waals surface area (Å²) in [7, 11) is 0. The number of nitrogens with one attached hydrogen (secondary N) is 1. The third-order valence-electron chi connectivity index (χ3n) is 4.22. The fraction of sp³-hybridized carbons (Fsp3) is 0.167. The number of nitrogens with zero attached hydrogens (tertiary/aromatic N) is 4. The van der Waals surface area contributed by atoms with Gasteiger partial charge in [-0.3, -0.25) is 0 Å². The van der Waals surface area contributed by atoms with E-state index in [4.69, 9.17) is 14.5 Å². The van der Waals surface area contributed by atoms with Crippen LogP contribution in [-0.2, 0) is 6.54 Å². The zero-order valence-electron chi connectivity index (χ0n) is 13.9. The molecule has 4 aromatic rings. The van der Waals surface area contributed by atoms with Crippen LogP contribution in [0.3, 0.4) is 0 Å². The fourth-order valence-electron chi connectivity index (χ4n) is 3.08. The van der Waals surface area contributed by atoms with Crippen LogP contribution >= 0.6 is 15.9 Å². The molecule has 26 heavy (non-hydrogen) atoms. The van der Waals surface area contributed by atoms with Crippen LogP contribution in [0.1, 0.15) is 11.4 Å². The number of para-hydroxylation sites is 1. The van der Waals surface area contributed by atoms with Crippen molar-refractivity contribution in [3.05, 3.63) is 52.3 Å². The van der Waals surface area contributed by atoms with Crippen molar-refractivity contribution >= 4 is 38.4 Å². The second-order valence-electron chi connectivity index (χ2n) is 6.01. The van der Waals surface area contributed by atoms with E-state index in [9.17, 15) is 0 Å². The van der Waals surface area contributed by atoms with Gasteiger partial charge in [0.1, 0.15) is 5.82 Å². The first-order chi connectivity index (χ1) is 12.7. The summed E-state index contributed by atoms with van der Waals surface area (Å²) in [6.45, 7) is 2.69. The van der Waals surface area contributed by atoms with E-state index < -0.39 is 0 Å². The summed E-state index contributed by atoms with van der Waals surface area (Å²) >= 11 is 3.52. The summed E-state index contributed by atoms with van der Waals surface area (Å²) in [4.78, 5) is 9.25. The van der Waals surface area contributed by atoms with Gasteiger partial charge in [-0.25, -0.2) is 9.97 Å². The van der Waals surface area contributed by atoms with Crippen LogP contribution in [0.25, 0.3) is 16.6 Å². The van der Waals surface area contributed by atoms with Gasteiger partial charge in [-0.05, 0) is 52.7 Å². The van der Waals surface area contributed by atoms with Crippen molar-refractivity contribution in [2.24, 2.45) is 0 Å². The first kappa shape index (κ1) is 15.4. The van der Waals surface area contributed by atoms with Crippen molar-refractivity contribution in [1.29, 1.82) is 0 Å². The maximum absolute atomic E-state index is 5.48. The standard InChI is InChI=1S/C18H14BrN5O2/c1-10-21-17-12-4-2-3-5-14(12)22-18(24(17)23-10)20-8-11-6-13(19)16-15(7-11)25-9-26-16/h2-7H,8-9H2,1H3,(H,20,22). The van der Waals surface area contributed by atoms with Crippen molar-refractivity contribution in [1.82, 2.24) is 19.6 Å². The lowest BCUT2D eigenvalue weighted by Gasteiger charge is -2.10. The zero-order valence-corrected chi connectivity index (χ0v) is 15.4. The average Bonchev–Trinajstić information content (AvgIpc) is 3.26. The van der Waals surface area contributed by atoms with Gasteiger partial charge in [-0.15, -0.1) is 5.10 Å². The molecule has 0 fully saturated rings. The Kier molecular flexibility index (Phi) is 3.46. The molecule has 0 radical (unpaired) electrons. The van der Waals surface area contributed by atoms with Crippen molar-refractivity contribution in [2.45, 2.75) is 13.5 Å². The number of hydrogen-bond donors (Lipinski definition) is 1. The van der Waals surface area contributed by atoms with Gasteiger partial charge in [0.05, 0.1) is 9.99 Å². The molecule has 5 rings (SSSR count). The highest BCUT2D eigenvalue weighted by Crippen LogP contribution is 2.40. The molecule has 0 spiro atoms. The molecular weight excluding hydrogens is 398 g/mol. The van der Waals surface area contributed by atoms with Crippen LogP contribution in [0.15, 0.2) is 40.9 Å². The monoisotopic (exact) mass is 411 g/mol. The number of aromatic nitrogens is 4. The smallest absolute Gasteiger partial charge is 0.231 e. The van der Waals surface area contributed by atoms with E-state index >= 15 is 0 Å². The first-order valence-electron chi connectivity index (χ1n) is 8.13. The predicted octanol–water partition coefficient (Wildman–Crippen LogP) is 3.69. The van der Waals surface area contributed by atoms with Crippen molar-refractivity contribution in [3.8, 4) is 11.5 Å². The Morgan fingerprint density at radius 2 is 2.08 bits per heavy atom. The molecule has 3 heterocycles. The largest absolute Gasteiger partial charge is 0.454 e. The molecule has 0 unspecified atom stereocenters. The topological polar surface area (TPSA) is 73.6 Å². The Balaban J connectivity index is 1.54. The SMILES string of the molecule is Cc1nc2c3ccccc3nc(NCc3cc(Br)c4c(c3)OCO4)n2n1. The van der Waals surface area contributed by atoms with Crippen LogP contribution in [0, 0.1) is 6.92 Å². The second-order valence-corrected chi connectivity index (χ2v) is 6.87. The molecule has 1 aliphatic rings. The third kappa shape index (κ3) is 2.45. The Bertz CT molecular complexity index is 1160. The molecule has 2 aromatic carbocycles. The van der Waals surface area contributed by atoms with Gasteiger partial charge in [0.2, 0.25) is 12.7 Å². The molecular formula is C18H14BrN5O2. The highest BCUT2D eigenvalue weighted by Gasteiger charge is 2.18. The second kappa shape index (κ2) is 5.84. The van der Waals surface area contributed by atoms with Crippen LogP contribution in [-0.4, -0.2) is 26.4 Å². The number of fused-ring (bicyclic) bond motifs is 4. The lowest BCUT2D eigenvalue weighted by Crippen LogP contribution is -2.08. The molecule has 0 atom stereocenters. The van der Waals surface area contributed by atoms with Crippen molar-refractivity contribution < 1.29 is 9.47 Å². The highest BCUT2D eigenvalue weighted by molar-refractivity contribution is 9.10. The fourth-order valence-corrected chi connectivity index (χ4v) is 3.68. The average molecular weight is 412 g/mol. The highest BCUT2D eigenvalue weighted by atomic mass is 79.9. The Morgan fingerprint density at radius 1 is 1.19 bits per heavy atom.